The highest BCUT2D eigenvalue weighted by molar-refractivity contribution is 8.06. The van der Waals surface area contributed by atoms with Crippen molar-refractivity contribution in [2.75, 3.05) is 0 Å². The van der Waals surface area contributed by atoms with Crippen molar-refractivity contribution in [3.8, 4) is 6.07 Å². The van der Waals surface area contributed by atoms with E-state index in [1.165, 1.54) is 0 Å². The molecule has 0 saturated heterocycles. The van der Waals surface area contributed by atoms with Crippen LogP contribution in [0.15, 0.2) is 69.7 Å². The zero-order chi connectivity index (χ0) is 18.8. The molecule has 2 aromatic carbocycles. The number of nitriles is 1. The van der Waals surface area contributed by atoms with Gasteiger partial charge in [-0.3, -0.25) is 4.79 Å². The average molecular weight is 402 g/mol. The lowest BCUT2D eigenvalue weighted by Gasteiger charge is -2.26. The molecular formula is C19H13Cl2N3OS. The molecular weight excluding hydrogens is 389 g/mol. The second-order valence-electron chi connectivity index (χ2n) is 5.59. The van der Waals surface area contributed by atoms with E-state index in [1.807, 2.05) is 0 Å². The second kappa shape index (κ2) is 7.46. The Balaban J connectivity index is 2.15. The van der Waals surface area contributed by atoms with Crippen LogP contribution in [0.4, 0.5) is 0 Å². The number of hydrogen-bond acceptors (Lipinski definition) is 5. The fraction of sp³-hybridized carbons (Fsp3) is 0.0526. The number of rotatable bonds is 3. The lowest BCUT2D eigenvalue weighted by atomic mass is 9.82. The fourth-order valence-corrected chi connectivity index (χ4v) is 3.85. The largest absolute Gasteiger partial charge is 0.393 e. The van der Waals surface area contributed by atoms with E-state index in [1.54, 1.807) is 48.5 Å². The van der Waals surface area contributed by atoms with Crippen LogP contribution in [0.2, 0.25) is 10.0 Å². The van der Waals surface area contributed by atoms with Gasteiger partial charge in [-0.2, -0.15) is 5.26 Å². The topological polar surface area (TPSA) is 92.9 Å². The van der Waals surface area contributed by atoms with Crippen molar-refractivity contribution in [3.63, 3.8) is 0 Å². The van der Waals surface area contributed by atoms with Crippen LogP contribution in [0.1, 0.15) is 21.8 Å². The van der Waals surface area contributed by atoms with Crippen LogP contribution < -0.4 is 11.5 Å². The van der Waals surface area contributed by atoms with Crippen LogP contribution in [0.5, 0.6) is 0 Å². The van der Waals surface area contributed by atoms with E-state index in [0.717, 1.165) is 17.3 Å². The van der Waals surface area contributed by atoms with Crippen LogP contribution in [0.3, 0.4) is 0 Å². The Hall–Kier alpha value is -2.39. The third-order valence-electron chi connectivity index (χ3n) is 4.00. The van der Waals surface area contributed by atoms with Crippen molar-refractivity contribution in [2.24, 2.45) is 11.5 Å². The number of ketones is 1. The minimum Gasteiger partial charge on any atom is -0.393 e. The van der Waals surface area contributed by atoms with Gasteiger partial charge in [-0.1, -0.05) is 47.1 Å². The maximum atomic E-state index is 13.1. The highest BCUT2D eigenvalue weighted by atomic mass is 35.5. The molecule has 1 aliphatic heterocycles. The molecule has 0 fully saturated rings. The molecule has 0 spiro atoms. The monoisotopic (exact) mass is 401 g/mol. The van der Waals surface area contributed by atoms with Gasteiger partial charge in [-0.15, -0.1) is 0 Å². The average Bonchev–Trinajstić information content (AvgIpc) is 2.62. The predicted molar refractivity (Wildman–Crippen MR) is 106 cm³/mol. The van der Waals surface area contributed by atoms with Gasteiger partial charge in [0, 0.05) is 21.2 Å². The zero-order valence-electron chi connectivity index (χ0n) is 13.4. The number of benzene rings is 2. The summed E-state index contributed by atoms with van der Waals surface area (Å²) in [6.07, 6.45) is 0. The third-order valence-corrected chi connectivity index (χ3v) is 5.39. The summed E-state index contributed by atoms with van der Waals surface area (Å²) >= 11 is 12.9. The van der Waals surface area contributed by atoms with E-state index >= 15 is 0 Å². The van der Waals surface area contributed by atoms with Gasteiger partial charge < -0.3 is 11.5 Å². The van der Waals surface area contributed by atoms with Crippen molar-refractivity contribution in [1.82, 2.24) is 0 Å². The van der Waals surface area contributed by atoms with Crippen LogP contribution in [-0.4, -0.2) is 5.78 Å². The summed E-state index contributed by atoms with van der Waals surface area (Å²) in [5.41, 5.74) is 13.9. The van der Waals surface area contributed by atoms with E-state index in [4.69, 9.17) is 34.7 Å². The fourth-order valence-electron chi connectivity index (χ4n) is 2.77. The predicted octanol–water partition coefficient (Wildman–Crippen LogP) is 4.57. The number of nitrogens with zero attached hydrogens (tertiary/aromatic N) is 1. The summed E-state index contributed by atoms with van der Waals surface area (Å²) in [6, 6.07) is 15.6. The second-order valence-corrected chi connectivity index (χ2v) is 7.55. The molecule has 0 amide bonds. The first kappa shape index (κ1) is 18.4. The van der Waals surface area contributed by atoms with Gasteiger partial charge in [0.05, 0.1) is 27.6 Å². The Labute approximate surface area is 165 Å². The van der Waals surface area contributed by atoms with Crippen LogP contribution >= 0.6 is 35.0 Å². The van der Waals surface area contributed by atoms with Gasteiger partial charge in [0.1, 0.15) is 0 Å². The van der Waals surface area contributed by atoms with Crippen molar-refractivity contribution >= 4 is 40.7 Å². The Morgan fingerprint density at radius 3 is 2.04 bits per heavy atom. The van der Waals surface area contributed by atoms with Crippen molar-refractivity contribution in [1.29, 1.82) is 5.26 Å². The molecule has 0 saturated carbocycles. The Morgan fingerprint density at radius 1 is 0.962 bits per heavy atom. The molecule has 3 rings (SSSR count). The molecule has 0 aliphatic carbocycles. The van der Waals surface area contributed by atoms with Crippen molar-refractivity contribution in [3.05, 3.63) is 90.9 Å². The number of halogens is 2. The molecule has 4 nitrogen and oxygen atoms in total. The van der Waals surface area contributed by atoms with Crippen molar-refractivity contribution < 1.29 is 4.79 Å². The molecule has 130 valence electrons. The number of allylic oxidation sites excluding steroid dienone is 2. The van der Waals surface area contributed by atoms with Gasteiger partial charge in [0.2, 0.25) is 0 Å². The molecule has 0 unspecified atom stereocenters. The Kier molecular flexibility index (Phi) is 5.28. The first-order valence-corrected chi connectivity index (χ1v) is 9.12. The molecule has 0 radical (unpaired) electrons. The van der Waals surface area contributed by atoms with Gasteiger partial charge in [0.25, 0.3) is 0 Å². The van der Waals surface area contributed by atoms with E-state index in [9.17, 15) is 10.1 Å². The summed E-state index contributed by atoms with van der Waals surface area (Å²) in [5.74, 6) is -0.923. The number of hydrogen-bond donors (Lipinski definition) is 2. The lowest BCUT2D eigenvalue weighted by Crippen LogP contribution is -2.24. The molecule has 2 aromatic rings. The van der Waals surface area contributed by atoms with Crippen molar-refractivity contribution in [2.45, 2.75) is 5.92 Å². The molecule has 1 atom stereocenters. The highest BCUT2D eigenvalue weighted by Crippen LogP contribution is 2.44. The van der Waals surface area contributed by atoms with E-state index in [-0.39, 0.29) is 15.8 Å². The number of carbonyl (C=O) groups is 1. The summed E-state index contributed by atoms with van der Waals surface area (Å²) in [6.45, 7) is 0. The molecule has 0 aromatic heterocycles. The van der Waals surface area contributed by atoms with Gasteiger partial charge >= 0.3 is 0 Å². The Morgan fingerprint density at radius 2 is 1.50 bits per heavy atom. The summed E-state index contributed by atoms with van der Waals surface area (Å²) < 4.78 is 0. The number of nitrogens with two attached hydrogens (primary N) is 2. The summed E-state index contributed by atoms with van der Waals surface area (Å²) in [4.78, 5) is 13.1. The van der Waals surface area contributed by atoms with E-state index in [2.05, 4.69) is 6.07 Å². The lowest BCUT2D eigenvalue weighted by molar-refractivity contribution is 0.102. The number of Topliss-reactive ketones (excluding diaryl/α,β-unsaturated/α-hetero) is 1. The molecule has 1 heterocycles. The highest BCUT2D eigenvalue weighted by Gasteiger charge is 2.35. The third kappa shape index (κ3) is 3.45. The van der Waals surface area contributed by atoms with E-state index in [0.29, 0.717) is 26.8 Å². The smallest absolute Gasteiger partial charge is 0.192 e. The zero-order valence-corrected chi connectivity index (χ0v) is 15.7. The standard InChI is InChI=1S/C19H13Cl2N3OS/c20-12-5-1-10(2-6-12)15-14(9-22)18(23)26-19(24)16(15)17(25)11-3-7-13(21)8-4-11/h1-8,15H,23-24H2/t15-/m0/s1. The minimum absolute atomic E-state index is 0.271. The van der Waals surface area contributed by atoms with Crippen LogP contribution in [0, 0.1) is 11.3 Å². The summed E-state index contributed by atoms with van der Waals surface area (Å²) in [5, 5.41) is 11.3. The van der Waals surface area contributed by atoms with Crippen LogP contribution in [-0.2, 0) is 0 Å². The quantitative estimate of drug-likeness (QED) is 0.734. The van der Waals surface area contributed by atoms with Gasteiger partial charge in [0.15, 0.2) is 5.78 Å². The van der Waals surface area contributed by atoms with Gasteiger partial charge in [-0.05, 0) is 42.0 Å². The minimum atomic E-state index is -0.651. The normalized spacial score (nSPS) is 17.2. The molecule has 7 heteroatoms. The maximum Gasteiger partial charge on any atom is 0.192 e. The number of carbonyl (C=O) groups excluding carboxylic acids is 1. The molecule has 0 bridgehead atoms. The number of thioether (sulfide) groups is 1. The first-order valence-electron chi connectivity index (χ1n) is 7.55. The SMILES string of the molecule is N#CC1=C(N)SC(N)=C(C(=O)c2ccc(Cl)cc2)[C@H]1c1ccc(Cl)cc1. The van der Waals surface area contributed by atoms with E-state index < -0.39 is 5.92 Å². The summed E-state index contributed by atoms with van der Waals surface area (Å²) in [7, 11) is 0. The Bertz CT molecular complexity index is 973. The first-order chi connectivity index (χ1) is 12.4. The molecule has 4 N–H and O–H groups in total. The molecule has 1 aliphatic rings. The maximum absolute atomic E-state index is 13.1. The van der Waals surface area contributed by atoms with Crippen LogP contribution in [0.25, 0.3) is 0 Å². The molecule has 26 heavy (non-hydrogen) atoms. The van der Waals surface area contributed by atoms with Gasteiger partial charge in [-0.25, -0.2) is 0 Å².